The number of nitrogens with zero attached hydrogens (tertiary/aromatic N) is 2. The lowest BCUT2D eigenvalue weighted by Gasteiger charge is -2.16. The molecule has 0 bridgehead atoms. The van der Waals surface area contributed by atoms with Gasteiger partial charge in [0.15, 0.2) is 0 Å². The molecule has 0 unspecified atom stereocenters. The first kappa shape index (κ1) is 19.0. The van der Waals surface area contributed by atoms with Gasteiger partial charge in [-0.1, -0.05) is 0 Å². The number of likely N-dealkylation sites (N-methyl/N-ethyl adjacent to an activating group) is 2. The molecule has 1 aromatic rings. The minimum atomic E-state index is 0. The van der Waals surface area contributed by atoms with Gasteiger partial charge in [-0.2, -0.15) is 0 Å². The molecule has 0 spiro atoms. The number of nitrogens with one attached hydrogen (secondary N) is 1. The van der Waals surface area contributed by atoms with Gasteiger partial charge < -0.3 is 10.2 Å². The van der Waals surface area contributed by atoms with Crippen LogP contribution in [0.1, 0.15) is 11.4 Å². The van der Waals surface area contributed by atoms with Crippen LogP contribution in [0.2, 0.25) is 0 Å². The van der Waals surface area contributed by atoms with E-state index in [0.29, 0.717) is 6.42 Å². The molecule has 4 nitrogen and oxygen atoms in total. The molecule has 0 atom stereocenters. The van der Waals surface area contributed by atoms with E-state index >= 15 is 0 Å². The van der Waals surface area contributed by atoms with Gasteiger partial charge in [0.05, 0.1) is 5.01 Å². The lowest BCUT2D eigenvalue weighted by atomic mass is 10.3. The van der Waals surface area contributed by atoms with Crippen LogP contribution in [0, 0.1) is 0 Å². The average Bonchev–Trinajstić information content (AvgIpc) is 2.75. The van der Waals surface area contributed by atoms with Gasteiger partial charge in [-0.25, -0.2) is 4.98 Å². The lowest BCUT2D eigenvalue weighted by Crippen LogP contribution is -2.32. The maximum Gasteiger partial charge on any atom is 0.222 e. The van der Waals surface area contributed by atoms with Crippen LogP contribution in [-0.2, 0) is 11.2 Å². The SMILES string of the molecule is CNCCN(C)C(=O)CCc1nccs1.Cl.Cl. The largest absolute Gasteiger partial charge is 0.344 e. The number of rotatable bonds is 6. The Labute approximate surface area is 119 Å². The zero-order valence-corrected chi connectivity index (χ0v) is 12.5. The Kier molecular flexibility index (Phi) is 12.0. The smallest absolute Gasteiger partial charge is 0.222 e. The van der Waals surface area contributed by atoms with Gasteiger partial charge in [-0.15, -0.1) is 36.2 Å². The Morgan fingerprint density at radius 2 is 2.24 bits per heavy atom. The molecule has 0 aliphatic rings. The molecule has 1 heterocycles. The van der Waals surface area contributed by atoms with E-state index in [9.17, 15) is 4.79 Å². The molecule has 0 saturated heterocycles. The number of amides is 1. The fraction of sp³-hybridized carbons (Fsp3) is 0.600. The molecule has 0 aromatic carbocycles. The molecule has 7 heteroatoms. The monoisotopic (exact) mass is 299 g/mol. The van der Waals surface area contributed by atoms with Gasteiger partial charge in [0.25, 0.3) is 0 Å². The van der Waals surface area contributed by atoms with E-state index in [1.54, 1.807) is 22.4 Å². The van der Waals surface area contributed by atoms with E-state index < -0.39 is 0 Å². The standard InChI is InChI=1S/C10H17N3OS.2ClH/c1-11-5-7-13(2)10(14)4-3-9-12-6-8-15-9;;/h6,8,11H,3-5,7H2,1-2H3;2*1H. The summed E-state index contributed by atoms with van der Waals surface area (Å²) in [5, 5.41) is 5.99. The van der Waals surface area contributed by atoms with Gasteiger partial charge in [-0.05, 0) is 7.05 Å². The quantitative estimate of drug-likeness (QED) is 0.868. The van der Waals surface area contributed by atoms with Crippen LogP contribution in [-0.4, -0.2) is 43.0 Å². The first-order valence-electron chi connectivity index (χ1n) is 5.01. The summed E-state index contributed by atoms with van der Waals surface area (Å²) in [6.07, 6.45) is 3.07. The van der Waals surface area contributed by atoms with E-state index in [0.717, 1.165) is 24.5 Å². The van der Waals surface area contributed by atoms with Crippen molar-refractivity contribution >= 4 is 42.1 Å². The fourth-order valence-electron chi connectivity index (χ4n) is 1.19. The summed E-state index contributed by atoms with van der Waals surface area (Å²) >= 11 is 1.60. The van der Waals surface area contributed by atoms with E-state index in [1.807, 2.05) is 19.5 Å². The molecule has 1 rings (SSSR count). The summed E-state index contributed by atoms with van der Waals surface area (Å²) in [5.74, 6) is 0.181. The Hall–Kier alpha value is -0.360. The second-order valence-corrected chi connectivity index (χ2v) is 4.32. The van der Waals surface area contributed by atoms with Crippen molar-refractivity contribution in [3.05, 3.63) is 16.6 Å². The topological polar surface area (TPSA) is 45.2 Å². The molecule has 0 radical (unpaired) electrons. The van der Waals surface area contributed by atoms with Crippen molar-refractivity contribution in [2.45, 2.75) is 12.8 Å². The van der Waals surface area contributed by atoms with Gasteiger partial charge in [-0.3, -0.25) is 4.79 Å². The highest BCUT2D eigenvalue weighted by molar-refractivity contribution is 7.09. The van der Waals surface area contributed by atoms with Gasteiger partial charge >= 0.3 is 0 Å². The Bertz CT molecular complexity index is 296. The van der Waals surface area contributed by atoms with Crippen LogP contribution >= 0.6 is 36.2 Å². The van der Waals surface area contributed by atoms with Crippen molar-refractivity contribution in [1.82, 2.24) is 15.2 Å². The van der Waals surface area contributed by atoms with Crippen molar-refractivity contribution < 1.29 is 4.79 Å². The predicted octanol–water partition coefficient (Wildman–Crippen LogP) is 1.60. The first-order valence-corrected chi connectivity index (χ1v) is 5.89. The number of halogens is 2. The zero-order chi connectivity index (χ0) is 11.1. The van der Waals surface area contributed by atoms with Crippen molar-refractivity contribution in [2.24, 2.45) is 0 Å². The Balaban J connectivity index is 0. The number of aromatic nitrogens is 1. The van der Waals surface area contributed by atoms with E-state index in [4.69, 9.17) is 0 Å². The second kappa shape index (κ2) is 10.8. The van der Waals surface area contributed by atoms with Crippen LogP contribution < -0.4 is 5.32 Å². The molecule has 0 fully saturated rings. The van der Waals surface area contributed by atoms with Gasteiger partial charge in [0.2, 0.25) is 5.91 Å². The third kappa shape index (κ3) is 7.54. The predicted molar refractivity (Wildman–Crippen MR) is 76.5 cm³/mol. The summed E-state index contributed by atoms with van der Waals surface area (Å²) < 4.78 is 0. The number of hydrogen-bond donors (Lipinski definition) is 1. The summed E-state index contributed by atoms with van der Waals surface area (Å²) in [6, 6.07) is 0. The van der Waals surface area contributed by atoms with Gasteiger partial charge in [0, 0.05) is 44.6 Å². The van der Waals surface area contributed by atoms with E-state index in [2.05, 4.69) is 10.3 Å². The maximum absolute atomic E-state index is 11.6. The van der Waals surface area contributed by atoms with Crippen LogP contribution in [0.4, 0.5) is 0 Å². The number of aryl methyl sites for hydroxylation is 1. The summed E-state index contributed by atoms with van der Waals surface area (Å²) in [7, 11) is 3.72. The minimum absolute atomic E-state index is 0. The highest BCUT2D eigenvalue weighted by atomic mass is 35.5. The normalized spacial score (nSPS) is 9.06. The molecule has 0 aliphatic carbocycles. The fourth-order valence-corrected chi connectivity index (χ4v) is 1.81. The first-order chi connectivity index (χ1) is 7.24. The summed E-state index contributed by atoms with van der Waals surface area (Å²) in [4.78, 5) is 17.5. The lowest BCUT2D eigenvalue weighted by molar-refractivity contribution is -0.129. The van der Waals surface area contributed by atoms with Crippen LogP contribution in [0.25, 0.3) is 0 Å². The molecule has 1 N–H and O–H groups in total. The maximum atomic E-state index is 11.6. The zero-order valence-electron chi connectivity index (χ0n) is 10.0. The molecule has 0 aliphatic heterocycles. The Morgan fingerprint density at radius 1 is 1.53 bits per heavy atom. The van der Waals surface area contributed by atoms with Crippen molar-refractivity contribution in [3.63, 3.8) is 0 Å². The number of carbonyl (C=O) groups is 1. The third-order valence-corrected chi connectivity index (χ3v) is 3.00. The van der Waals surface area contributed by atoms with Crippen LogP contribution in [0.3, 0.4) is 0 Å². The average molecular weight is 300 g/mol. The third-order valence-electron chi connectivity index (χ3n) is 2.16. The molecular formula is C10H19Cl2N3OS. The minimum Gasteiger partial charge on any atom is -0.344 e. The summed E-state index contributed by atoms with van der Waals surface area (Å²) in [6.45, 7) is 1.59. The van der Waals surface area contributed by atoms with Gasteiger partial charge in [0.1, 0.15) is 0 Å². The molecule has 1 amide bonds. The highest BCUT2D eigenvalue weighted by Gasteiger charge is 2.08. The molecule has 100 valence electrons. The molecule has 17 heavy (non-hydrogen) atoms. The number of hydrogen-bond acceptors (Lipinski definition) is 4. The molecule has 1 aromatic heterocycles. The van der Waals surface area contributed by atoms with Crippen molar-refractivity contribution in [2.75, 3.05) is 27.2 Å². The van der Waals surface area contributed by atoms with E-state index in [-0.39, 0.29) is 30.7 Å². The highest BCUT2D eigenvalue weighted by Crippen LogP contribution is 2.07. The molecular weight excluding hydrogens is 281 g/mol. The summed E-state index contributed by atoms with van der Waals surface area (Å²) in [5.41, 5.74) is 0. The van der Waals surface area contributed by atoms with Crippen molar-refractivity contribution in [1.29, 1.82) is 0 Å². The Morgan fingerprint density at radius 3 is 2.76 bits per heavy atom. The number of thiazole rings is 1. The van der Waals surface area contributed by atoms with Crippen molar-refractivity contribution in [3.8, 4) is 0 Å². The van der Waals surface area contributed by atoms with Crippen LogP contribution in [0.5, 0.6) is 0 Å². The van der Waals surface area contributed by atoms with E-state index in [1.165, 1.54) is 0 Å². The van der Waals surface area contributed by atoms with Crippen LogP contribution in [0.15, 0.2) is 11.6 Å². The second-order valence-electron chi connectivity index (χ2n) is 3.34. The number of carbonyl (C=O) groups excluding carboxylic acids is 1. The molecule has 0 saturated carbocycles.